The van der Waals surface area contributed by atoms with E-state index in [0.29, 0.717) is 12.8 Å². The summed E-state index contributed by atoms with van der Waals surface area (Å²) in [5.41, 5.74) is 4.94. The summed E-state index contributed by atoms with van der Waals surface area (Å²) < 4.78 is 0. The second-order valence-corrected chi connectivity index (χ2v) is 8.29. The Morgan fingerprint density at radius 2 is 1.68 bits per heavy atom. The van der Waals surface area contributed by atoms with Gasteiger partial charge in [0.15, 0.2) is 5.16 Å². The third kappa shape index (κ3) is 5.71. The molecular formula is C22H30N4OS. The highest BCUT2D eigenvalue weighted by atomic mass is 32.2. The first-order valence-corrected chi connectivity index (χ1v) is 11.3. The van der Waals surface area contributed by atoms with Gasteiger partial charge in [-0.05, 0) is 75.1 Å². The average molecular weight is 399 g/mol. The quantitative estimate of drug-likeness (QED) is 0.484. The van der Waals surface area contributed by atoms with Crippen LogP contribution in [0.4, 0.5) is 11.4 Å². The van der Waals surface area contributed by atoms with Crippen molar-refractivity contribution in [3.63, 3.8) is 0 Å². The molecule has 2 N–H and O–H groups in total. The van der Waals surface area contributed by atoms with Crippen LogP contribution < -0.4 is 10.6 Å². The van der Waals surface area contributed by atoms with E-state index in [1.165, 1.54) is 37.4 Å². The number of benzene rings is 1. The van der Waals surface area contributed by atoms with Gasteiger partial charge in [0.05, 0.1) is 0 Å². The van der Waals surface area contributed by atoms with Crippen LogP contribution in [0.15, 0.2) is 29.4 Å². The molecule has 3 rings (SSSR count). The van der Waals surface area contributed by atoms with Gasteiger partial charge in [0.25, 0.3) is 0 Å². The van der Waals surface area contributed by atoms with Crippen molar-refractivity contribution in [1.82, 2.24) is 9.97 Å². The fourth-order valence-electron chi connectivity index (χ4n) is 3.77. The van der Waals surface area contributed by atoms with Crippen molar-refractivity contribution in [3.05, 3.63) is 41.2 Å². The van der Waals surface area contributed by atoms with Crippen LogP contribution in [-0.2, 0) is 11.2 Å². The van der Waals surface area contributed by atoms with E-state index in [-0.39, 0.29) is 5.91 Å². The Labute approximate surface area is 172 Å². The topological polar surface area (TPSA) is 66.9 Å². The molecule has 0 unspecified atom stereocenters. The molecule has 1 heterocycles. The summed E-state index contributed by atoms with van der Waals surface area (Å²) in [6.07, 6.45) is 8.45. The minimum absolute atomic E-state index is 0.0133. The lowest BCUT2D eigenvalue weighted by Gasteiger charge is -2.13. The van der Waals surface area contributed by atoms with E-state index in [0.717, 1.165) is 45.9 Å². The van der Waals surface area contributed by atoms with Crippen LogP contribution in [0.1, 0.15) is 49.1 Å². The van der Waals surface area contributed by atoms with Crippen LogP contribution in [0.2, 0.25) is 0 Å². The summed E-state index contributed by atoms with van der Waals surface area (Å²) in [6, 6.07) is 7.99. The van der Waals surface area contributed by atoms with Crippen LogP contribution in [-0.4, -0.2) is 28.7 Å². The van der Waals surface area contributed by atoms with Crippen molar-refractivity contribution in [1.29, 1.82) is 0 Å². The zero-order chi connectivity index (χ0) is 19.9. The Morgan fingerprint density at radius 3 is 2.29 bits per heavy atom. The third-order valence-corrected chi connectivity index (χ3v) is 5.97. The van der Waals surface area contributed by atoms with E-state index in [1.807, 2.05) is 44.4 Å². The van der Waals surface area contributed by atoms with Gasteiger partial charge in [0.2, 0.25) is 5.91 Å². The van der Waals surface area contributed by atoms with Gasteiger partial charge in [-0.25, -0.2) is 9.97 Å². The molecule has 1 fully saturated rings. The maximum atomic E-state index is 12.3. The lowest BCUT2D eigenvalue weighted by Crippen LogP contribution is -2.14. The van der Waals surface area contributed by atoms with Crippen molar-refractivity contribution in [2.75, 3.05) is 23.4 Å². The van der Waals surface area contributed by atoms with Gasteiger partial charge in [-0.2, -0.15) is 0 Å². The molecule has 1 aromatic heterocycles. The molecule has 1 aliphatic rings. The number of rotatable bonds is 8. The van der Waals surface area contributed by atoms with Gasteiger partial charge in [0, 0.05) is 35.7 Å². The number of carbonyl (C=O) groups is 1. The fraction of sp³-hybridized carbons (Fsp3) is 0.500. The molecule has 0 saturated heterocycles. The normalized spacial score (nSPS) is 14.2. The minimum atomic E-state index is 0.0133. The van der Waals surface area contributed by atoms with Gasteiger partial charge < -0.3 is 10.6 Å². The number of nitrogens with one attached hydrogen (secondary N) is 2. The molecule has 0 radical (unpaired) electrons. The van der Waals surface area contributed by atoms with E-state index in [9.17, 15) is 4.79 Å². The number of aromatic nitrogens is 2. The molecule has 1 amide bonds. The van der Waals surface area contributed by atoms with Gasteiger partial charge >= 0.3 is 0 Å². The number of nitrogens with zero attached hydrogens (tertiary/aromatic N) is 2. The zero-order valence-electron chi connectivity index (χ0n) is 17.0. The maximum absolute atomic E-state index is 12.3. The Kier molecular flexibility index (Phi) is 7.31. The smallest absolute Gasteiger partial charge is 0.224 e. The van der Waals surface area contributed by atoms with Crippen molar-refractivity contribution in [2.24, 2.45) is 5.92 Å². The molecule has 5 nitrogen and oxygen atoms in total. The molecule has 6 heteroatoms. The Bertz CT molecular complexity index is 778. The maximum Gasteiger partial charge on any atom is 0.224 e. The molecule has 28 heavy (non-hydrogen) atoms. The number of aryl methyl sites for hydroxylation is 2. The number of thioether (sulfide) groups is 1. The Balaban J connectivity index is 1.48. The first-order valence-electron chi connectivity index (χ1n) is 10.1. The number of hydrogen-bond acceptors (Lipinski definition) is 5. The number of carbonyl (C=O) groups excluding carboxylic acids is 1. The van der Waals surface area contributed by atoms with Crippen LogP contribution in [0.25, 0.3) is 0 Å². The molecule has 2 aromatic rings. The van der Waals surface area contributed by atoms with Gasteiger partial charge in [-0.3, -0.25) is 4.79 Å². The standard InChI is InChI=1S/C22H30N4OS/c1-15-20(16(2)25-22(24-15)28-3)12-13-21(27)26-19-10-8-18(9-11-19)23-14-17-6-4-5-7-17/h8-11,17,23H,4-7,12-14H2,1-3H3,(H,26,27). The highest BCUT2D eigenvalue weighted by Gasteiger charge is 2.14. The summed E-state index contributed by atoms with van der Waals surface area (Å²) in [4.78, 5) is 21.3. The predicted molar refractivity (Wildman–Crippen MR) is 117 cm³/mol. The number of hydrogen-bond donors (Lipinski definition) is 2. The minimum Gasteiger partial charge on any atom is -0.385 e. The van der Waals surface area contributed by atoms with E-state index < -0.39 is 0 Å². The predicted octanol–water partition coefficient (Wildman–Crippen LogP) is 4.99. The van der Waals surface area contributed by atoms with Crippen molar-refractivity contribution >= 4 is 29.0 Å². The summed E-state index contributed by atoms with van der Waals surface area (Å²) in [5, 5.41) is 7.28. The lowest BCUT2D eigenvalue weighted by molar-refractivity contribution is -0.116. The molecule has 0 aliphatic heterocycles. The summed E-state index contributed by atoms with van der Waals surface area (Å²) >= 11 is 1.54. The SMILES string of the molecule is CSc1nc(C)c(CCC(=O)Nc2ccc(NCC3CCCC3)cc2)c(C)n1. The Morgan fingerprint density at radius 1 is 1.07 bits per heavy atom. The molecule has 0 atom stereocenters. The van der Waals surface area contributed by atoms with E-state index in [4.69, 9.17) is 0 Å². The number of anilines is 2. The summed E-state index contributed by atoms with van der Waals surface area (Å²) in [6.45, 7) is 5.01. The largest absolute Gasteiger partial charge is 0.385 e. The highest BCUT2D eigenvalue weighted by Crippen LogP contribution is 2.25. The van der Waals surface area contributed by atoms with E-state index in [2.05, 4.69) is 20.6 Å². The van der Waals surface area contributed by atoms with Gasteiger partial charge in [-0.1, -0.05) is 24.6 Å². The molecule has 0 bridgehead atoms. The second-order valence-electron chi connectivity index (χ2n) is 7.52. The molecule has 1 aliphatic carbocycles. The summed E-state index contributed by atoms with van der Waals surface area (Å²) in [5.74, 6) is 0.819. The summed E-state index contributed by atoms with van der Waals surface area (Å²) in [7, 11) is 0. The fourth-order valence-corrected chi connectivity index (χ4v) is 4.23. The molecule has 1 aromatic carbocycles. The van der Waals surface area contributed by atoms with Gasteiger partial charge in [-0.15, -0.1) is 0 Å². The van der Waals surface area contributed by atoms with Gasteiger partial charge in [0.1, 0.15) is 0 Å². The van der Waals surface area contributed by atoms with E-state index in [1.54, 1.807) is 0 Å². The van der Waals surface area contributed by atoms with Crippen molar-refractivity contribution < 1.29 is 4.79 Å². The van der Waals surface area contributed by atoms with Crippen LogP contribution in [0.5, 0.6) is 0 Å². The molecule has 1 saturated carbocycles. The third-order valence-electron chi connectivity index (χ3n) is 5.42. The Hall–Kier alpha value is -2.08. The monoisotopic (exact) mass is 398 g/mol. The van der Waals surface area contributed by atoms with Crippen molar-refractivity contribution in [2.45, 2.75) is 57.5 Å². The highest BCUT2D eigenvalue weighted by molar-refractivity contribution is 7.98. The molecule has 150 valence electrons. The number of amides is 1. The molecule has 0 spiro atoms. The second kappa shape index (κ2) is 9.92. The average Bonchev–Trinajstić information content (AvgIpc) is 3.20. The first kappa shape index (κ1) is 20.6. The van der Waals surface area contributed by atoms with Crippen LogP contribution >= 0.6 is 11.8 Å². The van der Waals surface area contributed by atoms with E-state index >= 15 is 0 Å². The van der Waals surface area contributed by atoms with Crippen molar-refractivity contribution in [3.8, 4) is 0 Å². The first-order chi connectivity index (χ1) is 13.5. The molecular weight excluding hydrogens is 368 g/mol. The zero-order valence-corrected chi connectivity index (χ0v) is 17.9. The van der Waals surface area contributed by atoms with Crippen LogP contribution in [0.3, 0.4) is 0 Å². The van der Waals surface area contributed by atoms with Crippen LogP contribution in [0, 0.1) is 19.8 Å². The lowest BCUT2D eigenvalue weighted by atomic mass is 10.1.